The van der Waals surface area contributed by atoms with E-state index in [2.05, 4.69) is 21.6 Å². The molecule has 6 heteroatoms. The second-order valence-corrected chi connectivity index (χ2v) is 5.54. The minimum Gasteiger partial charge on any atom is -0.383 e. The van der Waals surface area contributed by atoms with Crippen LogP contribution in [0.2, 0.25) is 0 Å². The van der Waals surface area contributed by atoms with Crippen molar-refractivity contribution in [3.63, 3.8) is 0 Å². The third-order valence-electron chi connectivity index (χ3n) is 3.36. The number of nitrogens with zero attached hydrogens (tertiary/aromatic N) is 3. The van der Waals surface area contributed by atoms with Gasteiger partial charge >= 0.3 is 0 Å². The largest absolute Gasteiger partial charge is 0.383 e. The number of aromatic nitrogens is 3. The third kappa shape index (κ3) is 3.51. The first-order chi connectivity index (χ1) is 10.4. The van der Waals surface area contributed by atoms with Crippen LogP contribution in [0.4, 0.5) is 0 Å². The maximum Gasteiger partial charge on any atom is 0.274 e. The zero-order valence-corrected chi connectivity index (χ0v) is 13.7. The monoisotopic (exact) mass is 302 g/mol. The molecule has 0 aliphatic rings. The molecule has 6 nitrogen and oxygen atoms in total. The number of nitrogens with one attached hydrogen (secondary N) is 1. The Kier molecular flexibility index (Phi) is 4.92. The fourth-order valence-electron chi connectivity index (χ4n) is 2.31. The van der Waals surface area contributed by atoms with Crippen molar-refractivity contribution in [3.05, 3.63) is 40.7 Å². The van der Waals surface area contributed by atoms with Gasteiger partial charge in [0.15, 0.2) is 5.69 Å². The Labute approximate surface area is 130 Å². The number of carbonyl (C=O) groups is 1. The first kappa shape index (κ1) is 16.2. The van der Waals surface area contributed by atoms with Gasteiger partial charge in [-0.2, -0.15) is 9.90 Å². The maximum absolute atomic E-state index is 12.3. The zero-order valence-electron chi connectivity index (χ0n) is 13.7. The molecule has 118 valence electrons. The molecule has 1 aromatic carbocycles. The number of hydrogen-bond donors (Lipinski definition) is 1. The third-order valence-corrected chi connectivity index (χ3v) is 3.36. The van der Waals surface area contributed by atoms with Gasteiger partial charge < -0.3 is 10.1 Å². The summed E-state index contributed by atoms with van der Waals surface area (Å²) in [5, 5.41) is 11.5. The molecule has 0 radical (unpaired) electrons. The summed E-state index contributed by atoms with van der Waals surface area (Å²) < 4.78 is 5.02. The van der Waals surface area contributed by atoms with E-state index in [0.29, 0.717) is 18.0 Å². The summed E-state index contributed by atoms with van der Waals surface area (Å²) >= 11 is 0. The SMILES string of the molecule is COC[C@@H](C)NC(=O)c1nn(-c2ccc(C)cc2C)nc1C. The number of rotatable bonds is 5. The van der Waals surface area contributed by atoms with Gasteiger partial charge in [-0.1, -0.05) is 17.7 Å². The molecule has 0 aliphatic carbocycles. The molecule has 0 unspecified atom stereocenters. The zero-order chi connectivity index (χ0) is 16.3. The molecule has 1 heterocycles. The highest BCUT2D eigenvalue weighted by molar-refractivity contribution is 5.93. The lowest BCUT2D eigenvalue weighted by Gasteiger charge is -2.11. The molecule has 0 bridgehead atoms. The molecular formula is C16H22N4O2. The number of carbonyl (C=O) groups excluding carboxylic acids is 1. The number of amides is 1. The van der Waals surface area contributed by atoms with Crippen molar-refractivity contribution in [2.45, 2.75) is 33.7 Å². The van der Waals surface area contributed by atoms with Gasteiger partial charge in [0.05, 0.1) is 18.0 Å². The normalized spacial score (nSPS) is 12.2. The van der Waals surface area contributed by atoms with E-state index in [4.69, 9.17) is 4.74 Å². The van der Waals surface area contributed by atoms with E-state index >= 15 is 0 Å². The van der Waals surface area contributed by atoms with Crippen LogP contribution < -0.4 is 5.32 Å². The highest BCUT2D eigenvalue weighted by Crippen LogP contribution is 2.15. The summed E-state index contributed by atoms with van der Waals surface area (Å²) in [7, 11) is 1.60. The van der Waals surface area contributed by atoms with Crippen LogP contribution in [-0.4, -0.2) is 40.7 Å². The van der Waals surface area contributed by atoms with Crippen molar-refractivity contribution in [2.75, 3.05) is 13.7 Å². The number of benzene rings is 1. The van der Waals surface area contributed by atoms with Crippen molar-refractivity contribution in [1.82, 2.24) is 20.3 Å². The molecule has 0 saturated heterocycles. The number of methoxy groups -OCH3 is 1. The van der Waals surface area contributed by atoms with Gasteiger partial charge in [0.25, 0.3) is 5.91 Å². The van der Waals surface area contributed by atoms with Gasteiger partial charge in [0.1, 0.15) is 0 Å². The van der Waals surface area contributed by atoms with E-state index in [-0.39, 0.29) is 11.9 Å². The van der Waals surface area contributed by atoms with Crippen molar-refractivity contribution in [3.8, 4) is 5.69 Å². The highest BCUT2D eigenvalue weighted by atomic mass is 16.5. The molecule has 0 spiro atoms. The molecule has 1 amide bonds. The average molecular weight is 302 g/mol. The lowest BCUT2D eigenvalue weighted by Crippen LogP contribution is -2.36. The van der Waals surface area contributed by atoms with Crippen LogP contribution in [0.15, 0.2) is 18.2 Å². The van der Waals surface area contributed by atoms with Crippen molar-refractivity contribution in [1.29, 1.82) is 0 Å². The minimum absolute atomic E-state index is 0.0804. The Bertz CT molecular complexity index is 679. The highest BCUT2D eigenvalue weighted by Gasteiger charge is 2.18. The number of aryl methyl sites for hydroxylation is 3. The second-order valence-electron chi connectivity index (χ2n) is 5.54. The van der Waals surface area contributed by atoms with Crippen LogP contribution in [0, 0.1) is 20.8 Å². The molecule has 2 rings (SSSR count). The van der Waals surface area contributed by atoms with Gasteiger partial charge in [0, 0.05) is 13.2 Å². The molecule has 2 aromatic rings. The van der Waals surface area contributed by atoms with E-state index in [1.54, 1.807) is 14.0 Å². The minimum atomic E-state index is -0.238. The summed E-state index contributed by atoms with van der Waals surface area (Å²) in [6.07, 6.45) is 0. The van der Waals surface area contributed by atoms with Crippen LogP contribution in [0.5, 0.6) is 0 Å². The van der Waals surface area contributed by atoms with Gasteiger partial charge in [-0.05, 0) is 39.3 Å². The predicted octanol–water partition coefficient (Wildman–Crippen LogP) is 1.96. The van der Waals surface area contributed by atoms with Gasteiger partial charge in [-0.25, -0.2) is 0 Å². The lowest BCUT2D eigenvalue weighted by molar-refractivity contribution is 0.0899. The topological polar surface area (TPSA) is 69.0 Å². The van der Waals surface area contributed by atoms with E-state index in [9.17, 15) is 4.79 Å². The smallest absolute Gasteiger partial charge is 0.274 e. The molecule has 1 atom stereocenters. The molecular weight excluding hydrogens is 280 g/mol. The Hall–Kier alpha value is -2.21. The first-order valence-electron chi connectivity index (χ1n) is 7.23. The Balaban J connectivity index is 2.26. The molecule has 1 N–H and O–H groups in total. The van der Waals surface area contributed by atoms with E-state index in [1.165, 1.54) is 10.4 Å². The molecule has 0 aliphatic heterocycles. The summed E-state index contributed by atoms with van der Waals surface area (Å²) in [5.74, 6) is -0.238. The molecule has 0 saturated carbocycles. The predicted molar refractivity (Wildman–Crippen MR) is 84.4 cm³/mol. The van der Waals surface area contributed by atoms with E-state index in [1.807, 2.05) is 32.9 Å². The molecule has 0 fully saturated rings. The fraction of sp³-hybridized carbons (Fsp3) is 0.438. The summed E-state index contributed by atoms with van der Waals surface area (Å²) in [4.78, 5) is 13.8. The van der Waals surface area contributed by atoms with Gasteiger partial charge in [-0.3, -0.25) is 4.79 Å². The standard InChI is InChI=1S/C16H22N4O2/c1-10-6-7-14(11(2)8-10)20-18-13(4)15(19-20)16(21)17-12(3)9-22-5/h6-8,12H,9H2,1-5H3,(H,17,21)/t12-/m1/s1. The van der Waals surface area contributed by atoms with Crippen LogP contribution >= 0.6 is 0 Å². The van der Waals surface area contributed by atoms with Gasteiger partial charge in [0.2, 0.25) is 0 Å². The van der Waals surface area contributed by atoms with Crippen LogP contribution in [0.25, 0.3) is 5.69 Å². The van der Waals surface area contributed by atoms with Crippen molar-refractivity contribution in [2.24, 2.45) is 0 Å². The quantitative estimate of drug-likeness (QED) is 0.916. The number of ether oxygens (including phenoxy) is 1. The van der Waals surface area contributed by atoms with Crippen LogP contribution in [-0.2, 0) is 4.74 Å². The van der Waals surface area contributed by atoms with Crippen LogP contribution in [0.3, 0.4) is 0 Å². The second kappa shape index (κ2) is 6.70. The average Bonchev–Trinajstić information content (AvgIpc) is 2.80. The van der Waals surface area contributed by atoms with E-state index in [0.717, 1.165) is 11.3 Å². The van der Waals surface area contributed by atoms with Crippen molar-refractivity contribution < 1.29 is 9.53 Å². The Morgan fingerprint density at radius 2 is 2.05 bits per heavy atom. The maximum atomic E-state index is 12.3. The van der Waals surface area contributed by atoms with Crippen molar-refractivity contribution >= 4 is 5.91 Å². The van der Waals surface area contributed by atoms with E-state index < -0.39 is 0 Å². The molecule has 22 heavy (non-hydrogen) atoms. The Morgan fingerprint density at radius 3 is 2.68 bits per heavy atom. The lowest BCUT2D eigenvalue weighted by atomic mass is 10.1. The van der Waals surface area contributed by atoms with Crippen LogP contribution in [0.1, 0.15) is 34.2 Å². The summed E-state index contributed by atoms with van der Waals surface area (Å²) in [5.41, 5.74) is 4.05. The summed E-state index contributed by atoms with van der Waals surface area (Å²) in [6, 6.07) is 5.94. The number of hydrogen-bond acceptors (Lipinski definition) is 4. The summed E-state index contributed by atoms with van der Waals surface area (Å²) in [6.45, 7) is 8.15. The first-order valence-corrected chi connectivity index (χ1v) is 7.23. The molecule has 1 aromatic heterocycles. The fourth-order valence-corrected chi connectivity index (χ4v) is 2.31. The Morgan fingerprint density at radius 1 is 1.32 bits per heavy atom. The van der Waals surface area contributed by atoms with Gasteiger partial charge in [-0.15, -0.1) is 5.10 Å².